The van der Waals surface area contributed by atoms with E-state index in [1.54, 1.807) is 6.92 Å². The fraction of sp³-hybridized carbons (Fsp3) is 0.818. The predicted octanol–water partition coefficient (Wildman–Crippen LogP) is -0.589. The Morgan fingerprint density at radius 1 is 1.40 bits per heavy atom. The second kappa shape index (κ2) is 7.55. The van der Waals surface area contributed by atoms with Gasteiger partial charge in [-0.1, -0.05) is 0 Å². The molecule has 0 radical (unpaired) electrons. The Balaban J connectivity index is 2.61. The van der Waals surface area contributed by atoms with E-state index in [0.29, 0.717) is 12.8 Å². The highest BCUT2D eigenvalue weighted by molar-refractivity contribution is 7.87. The second-order valence-corrected chi connectivity index (χ2v) is 5.95. The SMILES string of the molecule is CCOC(=O)C1CCCN1S(=O)(=O)NCCC(=O)OC. The molecule has 1 aliphatic heterocycles. The number of hydrogen-bond acceptors (Lipinski definition) is 6. The van der Waals surface area contributed by atoms with E-state index in [9.17, 15) is 18.0 Å². The van der Waals surface area contributed by atoms with Crippen molar-refractivity contribution in [2.45, 2.75) is 32.2 Å². The van der Waals surface area contributed by atoms with Crippen LogP contribution in [0.2, 0.25) is 0 Å². The molecule has 116 valence electrons. The van der Waals surface area contributed by atoms with Gasteiger partial charge in [-0.3, -0.25) is 9.59 Å². The maximum absolute atomic E-state index is 12.1. The molecule has 0 bridgehead atoms. The summed E-state index contributed by atoms with van der Waals surface area (Å²) in [5.41, 5.74) is 0. The van der Waals surface area contributed by atoms with Crippen LogP contribution in [0.1, 0.15) is 26.2 Å². The first-order valence-corrected chi connectivity index (χ1v) is 7.86. The molecule has 1 atom stereocenters. The van der Waals surface area contributed by atoms with Gasteiger partial charge in [-0.15, -0.1) is 0 Å². The summed E-state index contributed by atoms with van der Waals surface area (Å²) in [5, 5.41) is 0. The third kappa shape index (κ3) is 4.43. The van der Waals surface area contributed by atoms with Crippen molar-refractivity contribution in [2.75, 3.05) is 26.8 Å². The van der Waals surface area contributed by atoms with E-state index in [1.165, 1.54) is 7.11 Å². The first-order chi connectivity index (χ1) is 9.42. The topological polar surface area (TPSA) is 102 Å². The van der Waals surface area contributed by atoms with E-state index in [0.717, 1.165) is 4.31 Å². The van der Waals surface area contributed by atoms with Crippen LogP contribution >= 0.6 is 0 Å². The molecule has 0 aliphatic carbocycles. The number of esters is 2. The fourth-order valence-corrected chi connectivity index (χ4v) is 3.39. The van der Waals surface area contributed by atoms with Crippen LogP contribution in [0.3, 0.4) is 0 Å². The van der Waals surface area contributed by atoms with E-state index in [1.807, 2.05) is 0 Å². The largest absolute Gasteiger partial charge is 0.469 e. The van der Waals surface area contributed by atoms with Crippen LogP contribution in [0.5, 0.6) is 0 Å². The molecule has 1 rings (SSSR count). The van der Waals surface area contributed by atoms with Crippen molar-refractivity contribution in [1.82, 2.24) is 9.03 Å². The van der Waals surface area contributed by atoms with Gasteiger partial charge in [0.25, 0.3) is 10.2 Å². The summed E-state index contributed by atoms with van der Waals surface area (Å²) >= 11 is 0. The number of nitrogens with one attached hydrogen (secondary N) is 1. The predicted molar refractivity (Wildman–Crippen MR) is 69.9 cm³/mol. The van der Waals surface area contributed by atoms with Crippen molar-refractivity contribution in [2.24, 2.45) is 0 Å². The molecule has 9 heteroatoms. The van der Waals surface area contributed by atoms with Gasteiger partial charge in [0, 0.05) is 13.1 Å². The molecule has 8 nitrogen and oxygen atoms in total. The smallest absolute Gasteiger partial charge is 0.324 e. The number of hydrogen-bond donors (Lipinski definition) is 1. The van der Waals surface area contributed by atoms with Crippen LogP contribution in [-0.4, -0.2) is 57.5 Å². The number of methoxy groups -OCH3 is 1. The average Bonchev–Trinajstić information content (AvgIpc) is 2.88. The van der Waals surface area contributed by atoms with Crippen molar-refractivity contribution in [3.8, 4) is 0 Å². The lowest BCUT2D eigenvalue weighted by Crippen LogP contribution is -2.47. The van der Waals surface area contributed by atoms with Crippen LogP contribution in [0.4, 0.5) is 0 Å². The lowest BCUT2D eigenvalue weighted by molar-refractivity contribution is -0.147. The Bertz CT molecular complexity index is 450. The number of carbonyl (C=O) groups is 2. The van der Waals surface area contributed by atoms with E-state index in [-0.39, 0.29) is 26.1 Å². The van der Waals surface area contributed by atoms with E-state index in [2.05, 4.69) is 9.46 Å². The molecule has 1 aliphatic rings. The summed E-state index contributed by atoms with van der Waals surface area (Å²) < 4.78 is 36.8. The lowest BCUT2D eigenvalue weighted by Gasteiger charge is -2.22. The van der Waals surface area contributed by atoms with Crippen LogP contribution in [0.25, 0.3) is 0 Å². The van der Waals surface area contributed by atoms with Gasteiger partial charge in [-0.25, -0.2) is 4.72 Å². The third-order valence-electron chi connectivity index (χ3n) is 2.91. The Hall–Kier alpha value is -1.19. The van der Waals surface area contributed by atoms with Crippen molar-refractivity contribution in [1.29, 1.82) is 0 Å². The molecule has 0 aromatic heterocycles. The highest BCUT2D eigenvalue weighted by Crippen LogP contribution is 2.21. The Morgan fingerprint density at radius 2 is 2.10 bits per heavy atom. The minimum absolute atomic E-state index is 0.0619. The molecular formula is C11H20N2O6S. The maximum Gasteiger partial charge on any atom is 0.324 e. The first kappa shape index (κ1) is 16.9. The van der Waals surface area contributed by atoms with E-state index in [4.69, 9.17) is 4.74 Å². The van der Waals surface area contributed by atoms with Gasteiger partial charge in [-0.05, 0) is 19.8 Å². The van der Waals surface area contributed by atoms with Crippen LogP contribution in [-0.2, 0) is 29.3 Å². The van der Waals surface area contributed by atoms with Crippen LogP contribution in [0, 0.1) is 0 Å². The van der Waals surface area contributed by atoms with Gasteiger partial charge in [0.2, 0.25) is 0 Å². The summed E-state index contributed by atoms with van der Waals surface area (Å²) in [5.74, 6) is -1.04. The Morgan fingerprint density at radius 3 is 2.70 bits per heavy atom. The zero-order valence-electron chi connectivity index (χ0n) is 11.6. The molecule has 1 heterocycles. The molecule has 1 fully saturated rings. The highest BCUT2D eigenvalue weighted by atomic mass is 32.2. The Kier molecular flexibility index (Phi) is 6.37. The minimum atomic E-state index is -3.80. The zero-order valence-corrected chi connectivity index (χ0v) is 12.4. The molecule has 1 saturated heterocycles. The monoisotopic (exact) mass is 308 g/mol. The Labute approximate surface area is 118 Å². The second-order valence-electron chi connectivity index (χ2n) is 4.25. The van der Waals surface area contributed by atoms with E-state index >= 15 is 0 Å². The molecule has 0 spiro atoms. The third-order valence-corrected chi connectivity index (χ3v) is 4.54. The normalized spacial score (nSPS) is 19.8. The quantitative estimate of drug-likeness (QED) is 0.631. The molecule has 1 unspecified atom stereocenters. The first-order valence-electron chi connectivity index (χ1n) is 6.42. The fourth-order valence-electron chi connectivity index (χ4n) is 1.97. The van der Waals surface area contributed by atoms with Crippen molar-refractivity contribution in [3.05, 3.63) is 0 Å². The van der Waals surface area contributed by atoms with Crippen molar-refractivity contribution >= 4 is 22.1 Å². The molecule has 0 saturated carbocycles. The van der Waals surface area contributed by atoms with Crippen LogP contribution < -0.4 is 4.72 Å². The van der Waals surface area contributed by atoms with Gasteiger partial charge in [0.15, 0.2) is 0 Å². The molecule has 1 N–H and O–H groups in total. The van der Waals surface area contributed by atoms with Gasteiger partial charge >= 0.3 is 11.9 Å². The molecular weight excluding hydrogens is 288 g/mol. The summed E-state index contributed by atoms with van der Waals surface area (Å²) in [4.78, 5) is 22.6. The van der Waals surface area contributed by atoms with Gasteiger partial charge < -0.3 is 9.47 Å². The number of nitrogens with zero attached hydrogens (tertiary/aromatic N) is 1. The molecule has 0 aromatic carbocycles. The number of rotatable bonds is 7. The molecule has 0 amide bonds. The molecule has 0 aromatic rings. The standard InChI is InChI=1S/C11H20N2O6S/c1-3-19-11(15)9-5-4-8-13(9)20(16,17)12-7-6-10(14)18-2/h9,12H,3-8H2,1-2H3. The maximum atomic E-state index is 12.1. The summed E-state index contributed by atoms with van der Waals surface area (Å²) in [6.45, 7) is 2.07. The lowest BCUT2D eigenvalue weighted by atomic mass is 10.2. The summed E-state index contributed by atoms with van der Waals surface area (Å²) in [6.07, 6.45) is 0.978. The minimum Gasteiger partial charge on any atom is -0.469 e. The van der Waals surface area contributed by atoms with Crippen LogP contribution in [0.15, 0.2) is 0 Å². The average molecular weight is 308 g/mol. The van der Waals surface area contributed by atoms with Gasteiger partial charge in [0.05, 0.1) is 20.1 Å². The zero-order chi connectivity index (χ0) is 15.2. The van der Waals surface area contributed by atoms with Crippen molar-refractivity contribution in [3.63, 3.8) is 0 Å². The van der Waals surface area contributed by atoms with Gasteiger partial charge in [0.1, 0.15) is 6.04 Å². The van der Waals surface area contributed by atoms with Gasteiger partial charge in [-0.2, -0.15) is 12.7 Å². The molecule has 20 heavy (non-hydrogen) atoms. The summed E-state index contributed by atoms with van der Waals surface area (Å²) in [6, 6.07) is -0.787. The summed E-state index contributed by atoms with van der Waals surface area (Å²) in [7, 11) is -2.57. The highest BCUT2D eigenvalue weighted by Gasteiger charge is 2.39. The number of carbonyl (C=O) groups excluding carboxylic acids is 2. The number of ether oxygens (including phenoxy) is 2. The van der Waals surface area contributed by atoms with Crippen molar-refractivity contribution < 1.29 is 27.5 Å². The van der Waals surface area contributed by atoms with E-state index < -0.39 is 28.2 Å².